The van der Waals surface area contributed by atoms with E-state index in [2.05, 4.69) is 36.2 Å². The number of anilines is 2. The standard InChI is InChI=1S/C28H42N2O5S2/c1-4-6-13-28(14-7-5-2)19-30(22-11-9-8-10-12-22)24-16-25(36-3)21(15-26(24)37(34,35)20-28)17-29-23(18-31)27(32)33/h8-12,15-16,23,29,31,34-35H,4-7,13-14,17-20H2,1-3H3,(H,32,33). The van der Waals surface area contributed by atoms with Crippen molar-refractivity contribution in [2.45, 2.75) is 74.7 Å². The van der Waals surface area contributed by atoms with Gasteiger partial charge in [-0.3, -0.25) is 19.2 Å². The van der Waals surface area contributed by atoms with Crippen LogP contribution in [0.5, 0.6) is 0 Å². The molecule has 1 unspecified atom stereocenters. The molecule has 2 aromatic carbocycles. The van der Waals surface area contributed by atoms with Gasteiger partial charge >= 0.3 is 5.97 Å². The van der Waals surface area contributed by atoms with Gasteiger partial charge in [0.2, 0.25) is 0 Å². The van der Waals surface area contributed by atoms with Crippen LogP contribution >= 0.6 is 22.4 Å². The smallest absolute Gasteiger partial charge is 0.323 e. The van der Waals surface area contributed by atoms with Gasteiger partial charge < -0.3 is 15.1 Å². The number of para-hydroxylation sites is 1. The molecule has 206 valence electrons. The zero-order valence-corrected chi connectivity index (χ0v) is 23.8. The van der Waals surface area contributed by atoms with Crippen molar-refractivity contribution in [3.63, 3.8) is 0 Å². The topological polar surface area (TPSA) is 113 Å². The van der Waals surface area contributed by atoms with Crippen molar-refractivity contribution < 1.29 is 24.1 Å². The van der Waals surface area contributed by atoms with Gasteiger partial charge in [-0.15, -0.1) is 11.8 Å². The number of hydrogen-bond acceptors (Lipinski definition) is 7. The molecule has 3 rings (SSSR count). The number of nitrogens with one attached hydrogen (secondary N) is 1. The van der Waals surface area contributed by atoms with E-state index in [1.165, 1.54) is 11.8 Å². The van der Waals surface area contributed by atoms with Crippen LogP contribution in [-0.4, -0.2) is 56.5 Å². The van der Waals surface area contributed by atoms with Crippen LogP contribution in [0.3, 0.4) is 0 Å². The maximum absolute atomic E-state index is 11.8. The fraction of sp³-hybridized carbons (Fsp3) is 0.536. The summed E-state index contributed by atoms with van der Waals surface area (Å²) in [7, 11) is -3.14. The first-order chi connectivity index (χ1) is 17.7. The summed E-state index contributed by atoms with van der Waals surface area (Å²) < 4.78 is 23.5. The summed E-state index contributed by atoms with van der Waals surface area (Å²) in [6.45, 7) is 4.72. The van der Waals surface area contributed by atoms with E-state index in [-0.39, 0.29) is 12.0 Å². The highest BCUT2D eigenvalue weighted by Crippen LogP contribution is 2.61. The first-order valence-corrected chi connectivity index (χ1v) is 16.0. The summed E-state index contributed by atoms with van der Waals surface area (Å²) in [4.78, 5) is 15.1. The summed E-state index contributed by atoms with van der Waals surface area (Å²) in [5.74, 6) is -0.810. The predicted octanol–water partition coefficient (Wildman–Crippen LogP) is 6.57. The van der Waals surface area contributed by atoms with E-state index in [4.69, 9.17) is 0 Å². The lowest BCUT2D eigenvalue weighted by molar-refractivity contribution is -0.140. The Labute approximate surface area is 227 Å². The number of carboxylic acid groups (broad SMARTS) is 1. The Balaban J connectivity index is 2.16. The third-order valence-electron chi connectivity index (χ3n) is 7.21. The first kappa shape index (κ1) is 29.8. The molecule has 0 spiro atoms. The zero-order chi connectivity index (χ0) is 27.1. The van der Waals surface area contributed by atoms with Crippen molar-refractivity contribution in [3.05, 3.63) is 48.0 Å². The van der Waals surface area contributed by atoms with Gasteiger partial charge in [0.15, 0.2) is 0 Å². The molecule has 1 heterocycles. The molecule has 0 fully saturated rings. The quantitative estimate of drug-likeness (QED) is 0.178. The number of benzene rings is 2. The van der Waals surface area contributed by atoms with E-state index >= 15 is 0 Å². The molecule has 0 amide bonds. The molecule has 0 aromatic heterocycles. The van der Waals surface area contributed by atoms with Crippen molar-refractivity contribution in [1.82, 2.24) is 5.32 Å². The van der Waals surface area contributed by atoms with Crippen LogP contribution < -0.4 is 10.2 Å². The number of rotatable bonds is 13. The molecule has 0 saturated carbocycles. The van der Waals surface area contributed by atoms with E-state index < -0.39 is 29.2 Å². The lowest BCUT2D eigenvalue weighted by Crippen LogP contribution is -2.39. The van der Waals surface area contributed by atoms with Crippen LogP contribution in [0.2, 0.25) is 0 Å². The lowest BCUT2D eigenvalue weighted by Gasteiger charge is -2.42. The van der Waals surface area contributed by atoms with E-state index in [9.17, 15) is 24.1 Å². The van der Waals surface area contributed by atoms with Crippen molar-refractivity contribution in [3.8, 4) is 0 Å². The molecule has 2 aromatic rings. The first-order valence-electron chi connectivity index (χ1n) is 13.1. The van der Waals surface area contributed by atoms with E-state index in [0.717, 1.165) is 60.4 Å². The van der Waals surface area contributed by atoms with Crippen LogP contribution in [0.4, 0.5) is 11.4 Å². The Hall–Kier alpha value is -1.75. The SMILES string of the molecule is CCCCC1(CCCC)CN(c2ccccc2)c2cc(SC)c(CNC(CO)C(=O)O)cc2S(O)(O)C1. The maximum atomic E-state index is 11.8. The molecular weight excluding hydrogens is 508 g/mol. The van der Waals surface area contributed by atoms with Gasteiger partial charge in [-0.25, -0.2) is 0 Å². The number of aliphatic hydroxyl groups is 1. The fourth-order valence-corrected chi connectivity index (χ4v) is 8.04. The maximum Gasteiger partial charge on any atom is 0.323 e. The van der Waals surface area contributed by atoms with Crippen LogP contribution in [0.1, 0.15) is 57.9 Å². The number of carbonyl (C=O) groups is 1. The molecule has 0 saturated heterocycles. The molecule has 0 aliphatic carbocycles. The number of thioether (sulfide) groups is 1. The van der Waals surface area contributed by atoms with Crippen LogP contribution in [0.25, 0.3) is 0 Å². The normalized spacial score (nSPS) is 18.1. The average Bonchev–Trinajstić information content (AvgIpc) is 2.98. The predicted molar refractivity (Wildman–Crippen MR) is 154 cm³/mol. The zero-order valence-electron chi connectivity index (χ0n) is 22.2. The molecule has 5 N–H and O–H groups in total. The van der Waals surface area contributed by atoms with Crippen molar-refractivity contribution in [1.29, 1.82) is 0 Å². The second-order valence-corrected chi connectivity index (χ2v) is 12.9. The minimum atomic E-state index is -3.14. The summed E-state index contributed by atoms with van der Waals surface area (Å²) in [5, 5.41) is 21.7. The Kier molecular flexibility index (Phi) is 10.8. The van der Waals surface area contributed by atoms with E-state index in [0.29, 0.717) is 17.2 Å². The van der Waals surface area contributed by atoms with Gasteiger partial charge in [-0.2, -0.15) is 10.6 Å². The summed E-state index contributed by atoms with van der Waals surface area (Å²) in [6, 6.07) is 12.9. The lowest BCUT2D eigenvalue weighted by atomic mass is 9.79. The molecule has 1 aliphatic heterocycles. The van der Waals surface area contributed by atoms with Gasteiger partial charge in [0.05, 0.1) is 17.2 Å². The summed E-state index contributed by atoms with van der Waals surface area (Å²) in [5.41, 5.74) is 2.35. The summed E-state index contributed by atoms with van der Waals surface area (Å²) in [6.07, 6.45) is 7.97. The van der Waals surface area contributed by atoms with Gasteiger partial charge in [0, 0.05) is 34.8 Å². The molecule has 1 atom stereocenters. The number of hydrogen-bond donors (Lipinski definition) is 5. The minimum absolute atomic E-state index is 0.193. The molecule has 37 heavy (non-hydrogen) atoms. The largest absolute Gasteiger partial charge is 0.480 e. The fourth-order valence-electron chi connectivity index (χ4n) is 5.20. The molecule has 1 aliphatic rings. The highest BCUT2D eigenvalue weighted by molar-refractivity contribution is 8.24. The van der Waals surface area contributed by atoms with Crippen LogP contribution in [0.15, 0.2) is 52.3 Å². The number of unbranched alkanes of at least 4 members (excludes halogenated alkanes) is 2. The third kappa shape index (κ3) is 7.22. The molecule has 0 bridgehead atoms. The second kappa shape index (κ2) is 13.4. The van der Waals surface area contributed by atoms with Gasteiger partial charge in [-0.1, -0.05) is 57.7 Å². The molecular formula is C28H42N2O5S2. The monoisotopic (exact) mass is 550 g/mol. The number of carboxylic acids is 1. The molecule has 0 radical (unpaired) electrons. The number of aliphatic carboxylic acids is 1. The Morgan fingerprint density at radius 1 is 1.14 bits per heavy atom. The number of fused-ring (bicyclic) bond motifs is 1. The highest BCUT2D eigenvalue weighted by Gasteiger charge is 2.42. The average molecular weight is 551 g/mol. The second-order valence-electron chi connectivity index (χ2n) is 10.0. The van der Waals surface area contributed by atoms with E-state index in [1.807, 2.05) is 36.6 Å². The molecule has 7 nitrogen and oxygen atoms in total. The minimum Gasteiger partial charge on any atom is -0.480 e. The van der Waals surface area contributed by atoms with Crippen molar-refractivity contribution in [2.75, 3.05) is 30.1 Å². The number of nitrogens with zero attached hydrogens (tertiary/aromatic N) is 1. The highest BCUT2D eigenvalue weighted by atomic mass is 32.3. The van der Waals surface area contributed by atoms with E-state index in [1.54, 1.807) is 0 Å². The van der Waals surface area contributed by atoms with Gasteiger partial charge in [0.25, 0.3) is 0 Å². The van der Waals surface area contributed by atoms with Gasteiger partial charge in [-0.05, 0) is 48.9 Å². The Morgan fingerprint density at radius 3 is 2.32 bits per heavy atom. The Morgan fingerprint density at radius 2 is 1.78 bits per heavy atom. The third-order valence-corrected chi connectivity index (χ3v) is 10.1. The van der Waals surface area contributed by atoms with Gasteiger partial charge in [0.1, 0.15) is 6.04 Å². The van der Waals surface area contributed by atoms with Crippen molar-refractivity contribution in [2.24, 2.45) is 5.41 Å². The van der Waals surface area contributed by atoms with Crippen molar-refractivity contribution >= 4 is 39.7 Å². The Bertz CT molecular complexity index is 1030. The number of aliphatic hydroxyl groups excluding tert-OH is 1. The molecule has 9 heteroatoms. The van der Waals surface area contributed by atoms with Crippen LogP contribution in [0, 0.1) is 5.41 Å². The van der Waals surface area contributed by atoms with Crippen LogP contribution in [-0.2, 0) is 11.3 Å². The summed E-state index contributed by atoms with van der Waals surface area (Å²) >= 11 is 1.54.